The van der Waals surface area contributed by atoms with Crippen LogP contribution in [0.1, 0.15) is 40.5 Å². The SMILES string of the molecule is CC1CC(C(=O)NC(C)(C)C(=O)O)CC(C)O1. The molecule has 2 N–H and O–H groups in total. The largest absolute Gasteiger partial charge is 0.480 e. The van der Waals surface area contributed by atoms with E-state index in [-0.39, 0.29) is 24.0 Å². The van der Waals surface area contributed by atoms with Crippen LogP contribution < -0.4 is 5.32 Å². The summed E-state index contributed by atoms with van der Waals surface area (Å²) in [6, 6.07) is 0. The van der Waals surface area contributed by atoms with E-state index in [1.165, 1.54) is 13.8 Å². The van der Waals surface area contributed by atoms with Gasteiger partial charge < -0.3 is 15.2 Å². The third-order valence-corrected chi connectivity index (χ3v) is 3.04. The van der Waals surface area contributed by atoms with Gasteiger partial charge in [0, 0.05) is 5.92 Å². The van der Waals surface area contributed by atoms with Crippen LogP contribution >= 0.6 is 0 Å². The van der Waals surface area contributed by atoms with Gasteiger partial charge in [0.15, 0.2) is 0 Å². The van der Waals surface area contributed by atoms with E-state index in [1.807, 2.05) is 13.8 Å². The van der Waals surface area contributed by atoms with Crippen molar-refractivity contribution >= 4 is 11.9 Å². The minimum absolute atomic E-state index is 0.0439. The summed E-state index contributed by atoms with van der Waals surface area (Å²) in [5.74, 6) is -1.38. The van der Waals surface area contributed by atoms with Crippen LogP contribution in [0.2, 0.25) is 0 Å². The van der Waals surface area contributed by atoms with Crippen LogP contribution in [0.15, 0.2) is 0 Å². The summed E-state index contributed by atoms with van der Waals surface area (Å²) in [5, 5.41) is 11.5. The Morgan fingerprint density at radius 3 is 2.12 bits per heavy atom. The number of hydrogen-bond donors (Lipinski definition) is 2. The van der Waals surface area contributed by atoms with Gasteiger partial charge in [-0.2, -0.15) is 0 Å². The molecular weight excluding hydrogens is 222 g/mol. The summed E-state index contributed by atoms with van der Waals surface area (Å²) in [6.45, 7) is 6.83. The highest BCUT2D eigenvalue weighted by molar-refractivity contribution is 5.87. The second-order valence-corrected chi connectivity index (χ2v) is 5.35. The molecule has 1 rings (SSSR count). The van der Waals surface area contributed by atoms with E-state index in [0.717, 1.165) is 0 Å². The molecule has 1 fully saturated rings. The van der Waals surface area contributed by atoms with E-state index in [9.17, 15) is 9.59 Å². The van der Waals surface area contributed by atoms with Crippen LogP contribution in [-0.4, -0.2) is 34.7 Å². The van der Waals surface area contributed by atoms with E-state index < -0.39 is 11.5 Å². The second-order valence-electron chi connectivity index (χ2n) is 5.35. The van der Waals surface area contributed by atoms with E-state index in [0.29, 0.717) is 12.8 Å². The molecule has 0 aromatic rings. The molecule has 5 nitrogen and oxygen atoms in total. The number of aliphatic carboxylic acids is 1. The molecule has 0 saturated carbocycles. The highest BCUT2D eigenvalue weighted by Gasteiger charge is 2.35. The molecule has 0 aliphatic carbocycles. The summed E-state index contributed by atoms with van der Waals surface area (Å²) >= 11 is 0. The van der Waals surface area contributed by atoms with Crippen molar-refractivity contribution < 1.29 is 19.4 Å². The van der Waals surface area contributed by atoms with Gasteiger partial charge in [0.25, 0.3) is 0 Å². The molecule has 0 aromatic heterocycles. The second kappa shape index (κ2) is 5.04. The molecule has 0 radical (unpaired) electrons. The average Bonchev–Trinajstić information content (AvgIpc) is 2.15. The lowest BCUT2D eigenvalue weighted by molar-refractivity contribution is -0.148. The molecule has 2 unspecified atom stereocenters. The van der Waals surface area contributed by atoms with E-state index in [1.54, 1.807) is 0 Å². The van der Waals surface area contributed by atoms with Crippen molar-refractivity contribution in [1.29, 1.82) is 0 Å². The Morgan fingerprint density at radius 2 is 1.71 bits per heavy atom. The van der Waals surface area contributed by atoms with Gasteiger partial charge in [-0.1, -0.05) is 0 Å². The number of carbonyl (C=O) groups excluding carboxylic acids is 1. The third kappa shape index (κ3) is 3.70. The van der Waals surface area contributed by atoms with Gasteiger partial charge in [-0.15, -0.1) is 0 Å². The smallest absolute Gasteiger partial charge is 0.328 e. The zero-order valence-electron chi connectivity index (χ0n) is 10.8. The molecule has 17 heavy (non-hydrogen) atoms. The third-order valence-electron chi connectivity index (χ3n) is 3.04. The fraction of sp³-hybridized carbons (Fsp3) is 0.833. The molecule has 1 heterocycles. The highest BCUT2D eigenvalue weighted by atomic mass is 16.5. The van der Waals surface area contributed by atoms with E-state index in [4.69, 9.17) is 9.84 Å². The molecule has 1 aliphatic heterocycles. The number of carbonyl (C=O) groups is 2. The maximum absolute atomic E-state index is 12.0. The Bertz CT molecular complexity index is 304. The van der Waals surface area contributed by atoms with E-state index in [2.05, 4.69) is 5.32 Å². The number of nitrogens with one attached hydrogen (secondary N) is 1. The molecular formula is C12H21NO4. The molecule has 1 aliphatic rings. The van der Waals surface area contributed by atoms with E-state index >= 15 is 0 Å². The van der Waals surface area contributed by atoms with Crippen molar-refractivity contribution in [3.05, 3.63) is 0 Å². The van der Waals surface area contributed by atoms with Crippen molar-refractivity contribution in [2.75, 3.05) is 0 Å². The van der Waals surface area contributed by atoms with Crippen molar-refractivity contribution in [1.82, 2.24) is 5.32 Å². The summed E-state index contributed by atoms with van der Waals surface area (Å²) in [5.41, 5.74) is -1.22. The first kappa shape index (κ1) is 14.0. The van der Waals surface area contributed by atoms with Crippen LogP contribution in [0.25, 0.3) is 0 Å². The standard InChI is InChI=1S/C12H21NO4/c1-7-5-9(6-8(2)17-7)10(14)13-12(3,4)11(15)16/h7-9H,5-6H2,1-4H3,(H,13,14)(H,15,16). The van der Waals surface area contributed by atoms with Crippen molar-refractivity contribution in [2.24, 2.45) is 5.92 Å². The summed E-state index contributed by atoms with van der Waals surface area (Å²) in [6.07, 6.45) is 1.38. The number of rotatable bonds is 3. The molecule has 2 atom stereocenters. The van der Waals surface area contributed by atoms with Gasteiger partial charge in [0.1, 0.15) is 5.54 Å². The Balaban J connectivity index is 2.61. The van der Waals surface area contributed by atoms with Crippen molar-refractivity contribution in [3.63, 3.8) is 0 Å². The van der Waals surface area contributed by atoms with Gasteiger partial charge >= 0.3 is 5.97 Å². The number of hydrogen-bond acceptors (Lipinski definition) is 3. The molecule has 0 spiro atoms. The number of carboxylic acid groups (broad SMARTS) is 1. The summed E-state index contributed by atoms with van der Waals surface area (Å²) in [7, 11) is 0. The fourth-order valence-electron chi connectivity index (χ4n) is 2.08. The maximum atomic E-state index is 12.0. The first-order chi connectivity index (χ1) is 7.72. The quantitative estimate of drug-likeness (QED) is 0.780. The Morgan fingerprint density at radius 1 is 1.24 bits per heavy atom. The van der Waals surface area contributed by atoms with Gasteiger partial charge in [-0.25, -0.2) is 4.79 Å². The van der Waals surface area contributed by atoms with Gasteiger partial charge in [-0.05, 0) is 40.5 Å². The van der Waals surface area contributed by atoms with Crippen molar-refractivity contribution in [3.8, 4) is 0 Å². The van der Waals surface area contributed by atoms with Crippen LogP contribution in [0, 0.1) is 5.92 Å². The first-order valence-corrected chi connectivity index (χ1v) is 5.93. The van der Waals surface area contributed by atoms with Crippen LogP contribution in [0.4, 0.5) is 0 Å². The number of carboxylic acids is 1. The van der Waals surface area contributed by atoms with Crippen LogP contribution in [-0.2, 0) is 14.3 Å². The minimum Gasteiger partial charge on any atom is -0.480 e. The summed E-state index contributed by atoms with van der Waals surface area (Å²) in [4.78, 5) is 22.9. The number of ether oxygens (including phenoxy) is 1. The molecule has 1 saturated heterocycles. The Labute approximate surface area is 102 Å². The molecule has 0 bridgehead atoms. The topological polar surface area (TPSA) is 75.6 Å². The van der Waals surface area contributed by atoms with Gasteiger partial charge in [0.2, 0.25) is 5.91 Å². The van der Waals surface area contributed by atoms with Crippen molar-refractivity contribution in [2.45, 2.75) is 58.3 Å². The number of amides is 1. The maximum Gasteiger partial charge on any atom is 0.328 e. The molecule has 98 valence electrons. The molecule has 1 amide bonds. The predicted octanol–water partition coefficient (Wildman–Crippen LogP) is 1.17. The summed E-state index contributed by atoms with van der Waals surface area (Å²) < 4.78 is 5.55. The lowest BCUT2D eigenvalue weighted by atomic mass is 9.90. The van der Waals surface area contributed by atoms with Gasteiger partial charge in [0.05, 0.1) is 12.2 Å². The van der Waals surface area contributed by atoms with Gasteiger partial charge in [-0.3, -0.25) is 4.79 Å². The minimum atomic E-state index is -1.22. The zero-order chi connectivity index (χ0) is 13.2. The Kier molecular flexibility index (Phi) is 4.14. The predicted molar refractivity (Wildman–Crippen MR) is 62.6 cm³/mol. The zero-order valence-corrected chi connectivity index (χ0v) is 10.8. The molecule has 5 heteroatoms. The average molecular weight is 243 g/mol. The van der Waals surface area contributed by atoms with Crippen LogP contribution in [0.5, 0.6) is 0 Å². The highest BCUT2D eigenvalue weighted by Crippen LogP contribution is 2.25. The lowest BCUT2D eigenvalue weighted by Gasteiger charge is -2.33. The normalized spacial score (nSPS) is 29.8. The Hall–Kier alpha value is -1.10. The lowest BCUT2D eigenvalue weighted by Crippen LogP contribution is -2.52. The van der Waals surface area contributed by atoms with Crippen LogP contribution in [0.3, 0.4) is 0 Å². The monoisotopic (exact) mass is 243 g/mol. The first-order valence-electron chi connectivity index (χ1n) is 5.93. The molecule has 0 aromatic carbocycles. The fourth-order valence-corrected chi connectivity index (χ4v) is 2.08.